The summed E-state index contributed by atoms with van der Waals surface area (Å²) < 4.78 is 39.0. The average molecular weight is 323 g/mol. The number of halogens is 4. The lowest BCUT2D eigenvalue weighted by Gasteiger charge is -2.17. The van der Waals surface area contributed by atoms with E-state index in [-0.39, 0.29) is 5.69 Å². The maximum Gasteiger partial charge on any atom is 0.418 e. The molecule has 0 amide bonds. The minimum absolute atomic E-state index is 0.151. The van der Waals surface area contributed by atoms with Crippen LogP contribution in [0.5, 0.6) is 0 Å². The highest BCUT2D eigenvalue weighted by atomic mass is 79.9. The summed E-state index contributed by atoms with van der Waals surface area (Å²) >= 11 is 3.07. The van der Waals surface area contributed by atoms with Crippen LogP contribution in [0.1, 0.15) is 12.0 Å². The number of alkyl halides is 3. The molecule has 1 unspecified atom stereocenters. The molecule has 1 aliphatic heterocycles. The van der Waals surface area contributed by atoms with Gasteiger partial charge in [0.1, 0.15) is 0 Å². The van der Waals surface area contributed by atoms with Crippen LogP contribution in [0, 0.1) is 5.92 Å². The fourth-order valence-corrected chi connectivity index (χ4v) is 2.41. The molecule has 100 valence electrons. The van der Waals surface area contributed by atoms with Gasteiger partial charge >= 0.3 is 6.18 Å². The predicted octanol–water partition coefficient (Wildman–Crippen LogP) is 3.49. The highest BCUT2D eigenvalue weighted by Crippen LogP contribution is 2.36. The summed E-state index contributed by atoms with van der Waals surface area (Å²) in [5, 5.41) is 6.10. The van der Waals surface area contributed by atoms with Crippen molar-refractivity contribution >= 4 is 21.6 Å². The number of rotatable bonds is 3. The predicted molar refractivity (Wildman–Crippen MR) is 68.6 cm³/mol. The van der Waals surface area contributed by atoms with Gasteiger partial charge in [-0.15, -0.1) is 0 Å². The van der Waals surface area contributed by atoms with Gasteiger partial charge < -0.3 is 10.6 Å². The number of hydrogen-bond donors (Lipinski definition) is 2. The maximum atomic E-state index is 12.9. The van der Waals surface area contributed by atoms with E-state index < -0.39 is 11.7 Å². The lowest BCUT2D eigenvalue weighted by molar-refractivity contribution is -0.137. The van der Waals surface area contributed by atoms with E-state index in [1.807, 2.05) is 0 Å². The van der Waals surface area contributed by atoms with Crippen molar-refractivity contribution < 1.29 is 13.2 Å². The summed E-state index contributed by atoms with van der Waals surface area (Å²) in [5.74, 6) is 0.398. The molecule has 2 rings (SSSR count). The SMILES string of the molecule is FC(F)(F)c1cc(Br)ccc1NCC1CCNC1. The molecule has 18 heavy (non-hydrogen) atoms. The minimum atomic E-state index is -4.33. The smallest absolute Gasteiger partial charge is 0.384 e. The van der Waals surface area contributed by atoms with Crippen LogP contribution >= 0.6 is 15.9 Å². The number of anilines is 1. The topological polar surface area (TPSA) is 24.1 Å². The highest BCUT2D eigenvalue weighted by molar-refractivity contribution is 9.10. The van der Waals surface area contributed by atoms with Crippen LogP contribution < -0.4 is 10.6 Å². The number of hydrogen-bond acceptors (Lipinski definition) is 2. The molecule has 2 nitrogen and oxygen atoms in total. The normalized spacial score (nSPS) is 20.1. The van der Waals surface area contributed by atoms with Gasteiger partial charge in [-0.05, 0) is 43.6 Å². The maximum absolute atomic E-state index is 12.9. The van der Waals surface area contributed by atoms with E-state index in [0.29, 0.717) is 16.9 Å². The second-order valence-electron chi connectivity index (χ2n) is 4.43. The first-order chi connectivity index (χ1) is 8.47. The molecule has 6 heteroatoms. The van der Waals surface area contributed by atoms with Crippen molar-refractivity contribution in [1.29, 1.82) is 0 Å². The Morgan fingerprint density at radius 1 is 1.39 bits per heavy atom. The molecule has 1 aromatic carbocycles. The largest absolute Gasteiger partial charge is 0.418 e. The zero-order valence-corrected chi connectivity index (χ0v) is 11.2. The lowest BCUT2D eigenvalue weighted by atomic mass is 10.1. The van der Waals surface area contributed by atoms with Crippen LogP contribution in [-0.4, -0.2) is 19.6 Å². The first-order valence-corrected chi connectivity index (χ1v) is 6.57. The Labute approximate surface area is 112 Å². The van der Waals surface area contributed by atoms with E-state index in [2.05, 4.69) is 26.6 Å². The van der Waals surface area contributed by atoms with Gasteiger partial charge in [-0.3, -0.25) is 0 Å². The van der Waals surface area contributed by atoms with Crippen molar-refractivity contribution in [3.8, 4) is 0 Å². The number of nitrogens with one attached hydrogen (secondary N) is 2. The first kappa shape index (κ1) is 13.7. The molecule has 1 fully saturated rings. The van der Waals surface area contributed by atoms with Gasteiger partial charge in [0.05, 0.1) is 5.56 Å². The van der Waals surface area contributed by atoms with Gasteiger partial charge in [-0.25, -0.2) is 0 Å². The molecule has 1 heterocycles. The quantitative estimate of drug-likeness (QED) is 0.890. The molecular formula is C12H14BrF3N2. The Balaban J connectivity index is 2.11. The van der Waals surface area contributed by atoms with E-state index in [9.17, 15) is 13.2 Å². The molecule has 1 saturated heterocycles. The van der Waals surface area contributed by atoms with Gasteiger partial charge in [0.15, 0.2) is 0 Å². The van der Waals surface area contributed by atoms with E-state index in [4.69, 9.17) is 0 Å². The summed E-state index contributed by atoms with van der Waals surface area (Å²) in [5.41, 5.74) is -0.472. The fraction of sp³-hybridized carbons (Fsp3) is 0.500. The van der Waals surface area contributed by atoms with Crippen LogP contribution in [-0.2, 0) is 6.18 Å². The van der Waals surface area contributed by atoms with Crippen molar-refractivity contribution in [3.63, 3.8) is 0 Å². The highest BCUT2D eigenvalue weighted by Gasteiger charge is 2.33. The fourth-order valence-electron chi connectivity index (χ4n) is 2.05. The van der Waals surface area contributed by atoms with Crippen LogP contribution in [0.15, 0.2) is 22.7 Å². The Hall–Kier alpha value is -0.750. The van der Waals surface area contributed by atoms with E-state index in [1.165, 1.54) is 6.07 Å². The molecule has 2 N–H and O–H groups in total. The molecule has 1 aromatic rings. The van der Waals surface area contributed by atoms with Crippen LogP contribution in [0.3, 0.4) is 0 Å². The minimum Gasteiger partial charge on any atom is -0.384 e. The molecule has 0 radical (unpaired) electrons. The zero-order valence-electron chi connectivity index (χ0n) is 9.65. The second-order valence-corrected chi connectivity index (χ2v) is 5.34. The molecule has 0 aromatic heterocycles. The van der Waals surface area contributed by atoms with E-state index in [1.54, 1.807) is 6.07 Å². The summed E-state index contributed by atoms with van der Waals surface area (Å²) in [7, 11) is 0. The Morgan fingerprint density at radius 2 is 2.17 bits per heavy atom. The molecule has 0 bridgehead atoms. The molecular weight excluding hydrogens is 309 g/mol. The van der Waals surface area contributed by atoms with E-state index in [0.717, 1.165) is 25.6 Å². The van der Waals surface area contributed by atoms with E-state index >= 15 is 0 Å². The standard InChI is InChI=1S/C12H14BrF3N2/c13-9-1-2-11(10(5-9)12(14,15)16)18-7-8-3-4-17-6-8/h1-2,5,8,17-18H,3-4,6-7H2. The van der Waals surface area contributed by atoms with Gasteiger partial charge in [-0.2, -0.15) is 13.2 Å². The summed E-state index contributed by atoms with van der Waals surface area (Å²) in [6.45, 7) is 2.38. The molecule has 0 aliphatic carbocycles. The van der Waals surface area contributed by atoms with Crippen molar-refractivity contribution in [3.05, 3.63) is 28.2 Å². The average Bonchev–Trinajstić information content (AvgIpc) is 2.79. The van der Waals surface area contributed by atoms with Crippen LogP contribution in [0.2, 0.25) is 0 Å². The molecule has 0 spiro atoms. The van der Waals surface area contributed by atoms with Gasteiger partial charge in [0.2, 0.25) is 0 Å². The van der Waals surface area contributed by atoms with Crippen molar-refractivity contribution in [2.24, 2.45) is 5.92 Å². The van der Waals surface area contributed by atoms with Crippen molar-refractivity contribution in [2.45, 2.75) is 12.6 Å². The molecule has 0 saturated carbocycles. The third-order valence-electron chi connectivity index (χ3n) is 3.03. The second kappa shape index (κ2) is 5.48. The third-order valence-corrected chi connectivity index (χ3v) is 3.52. The lowest BCUT2D eigenvalue weighted by Crippen LogP contribution is -2.19. The van der Waals surface area contributed by atoms with Gasteiger partial charge in [0.25, 0.3) is 0 Å². The third kappa shape index (κ3) is 3.38. The summed E-state index contributed by atoms with van der Waals surface area (Å²) in [6.07, 6.45) is -3.33. The Bertz CT molecular complexity index is 414. The Kier molecular flexibility index (Phi) is 4.17. The zero-order chi connectivity index (χ0) is 13.2. The van der Waals surface area contributed by atoms with Crippen LogP contribution in [0.4, 0.5) is 18.9 Å². The van der Waals surface area contributed by atoms with Gasteiger partial charge in [-0.1, -0.05) is 15.9 Å². The van der Waals surface area contributed by atoms with Crippen molar-refractivity contribution in [2.75, 3.05) is 25.0 Å². The first-order valence-electron chi connectivity index (χ1n) is 5.78. The van der Waals surface area contributed by atoms with Crippen molar-refractivity contribution in [1.82, 2.24) is 5.32 Å². The molecule has 1 aliphatic rings. The summed E-state index contributed by atoms with van der Waals surface area (Å²) in [6, 6.07) is 4.19. The number of benzene rings is 1. The molecule has 1 atom stereocenters. The monoisotopic (exact) mass is 322 g/mol. The van der Waals surface area contributed by atoms with Crippen LogP contribution in [0.25, 0.3) is 0 Å². The Morgan fingerprint density at radius 3 is 2.78 bits per heavy atom. The van der Waals surface area contributed by atoms with Gasteiger partial charge in [0, 0.05) is 16.7 Å². The summed E-state index contributed by atoms with van der Waals surface area (Å²) in [4.78, 5) is 0.